The van der Waals surface area contributed by atoms with Crippen LogP contribution in [0.1, 0.15) is 41.5 Å². The van der Waals surface area contributed by atoms with E-state index in [2.05, 4.69) is 0 Å². The molecule has 4 heterocycles. The minimum atomic E-state index is -2.07. The average Bonchev–Trinajstić information content (AvgIpc) is 2.98. The van der Waals surface area contributed by atoms with Gasteiger partial charge in [-0.1, -0.05) is 18.2 Å². The quantitative estimate of drug-likeness (QED) is 0.257. The van der Waals surface area contributed by atoms with Gasteiger partial charge in [0.2, 0.25) is 18.0 Å². The van der Waals surface area contributed by atoms with Crippen molar-refractivity contribution in [2.24, 2.45) is 0 Å². The second-order valence-corrected chi connectivity index (χ2v) is 11.2. The van der Waals surface area contributed by atoms with E-state index >= 15 is 0 Å². The third-order valence-corrected chi connectivity index (χ3v) is 7.38. The fourth-order valence-electron chi connectivity index (χ4n) is 5.72. The molecule has 0 radical (unpaired) electrons. The largest absolute Gasteiger partial charge is 0.463 e. The second kappa shape index (κ2) is 15.7. The molecular formula is C31H38O17. The number of esters is 6. The molecule has 4 fully saturated rings. The molecule has 48 heavy (non-hydrogen) atoms. The van der Waals surface area contributed by atoms with Gasteiger partial charge in [-0.25, -0.2) is 0 Å². The number of hydrogen-bond acceptors (Lipinski definition) is 17. The number of rotatable bonds is 9. The van der Waals surface area contributed by atoms with Crippen molar-refractivity contribution in [3.8, 4) is 5.75 Å². The SMILES string of the molecule is CC(=O)OC[C@H]1OC[C@H]2O[C@H](Oc3ccccc3)[C@H](OC(C)=O)[C@@H](OC(C)=O)[C@H]2O[C@@H]2OC[C@@]1(OC(C)=O)[C@H](OC(C)=O)[C@H]2OC(C)=O. The Morgan fingerprint density at radius 2 is 1.31 bits per heavy atom. The van der Waals surface area contributed by atoms with Gasteiger partial charge in [-0.15, -0.1) is 0 Å². The first-order valence-electron chi connectivity index (χ1n) is 15.0. The first-order valence-corrected chi connectivity index (χ1v) is 15.0. The predicted octanol–water partition coefficient (Wildman–Crippen LogP) is 0.522. The van der Waals surface area contributed by atoms with Gasteiger partial charge in [0, 0.05) is 41.5 Å². The molecule has 0 unspecified atom stereocenters. The van der Waals surface area contributed by atoms with Crippen LogP contribution in [0.5, 0.6) is 5.75 Å². The molecule has 2 bridgehead atoms. The Labute approximate surface area is 275 Å². The second-order valence-electron chi connectivity index (χ2n) is 11.2. The Hall–Kier alpha value is -4.32. The molecule has 4 aliphatic heterocycles. The zero-order chi connectivity index (χ0) is 35.2. The third kappa shape index (κ3) is 8.77. The van der Waals surface area contributed by atoms with Crippen LogP contribution in [0.15, 0.2) is 30.3 Å². The summed E-state index contributed by atoms with van der Waals surface area (Å²) in [6.07, 6.45) is -13.2. The molecule has 0 spiro atoms. The molecule has 17 nitrogen and oxygen atoms in total. The lowest BCUT2D eigenvalue weighted by Gasteiger charge is -2.53. The Morgan fingerprint density at radius 1 is 0.708 bits per heavy atom. The van der Waals surface area contributed by atoms with Crippen LogP contribution in [-0.2, 0) is 76.1 Å². The highest BCUT2D eigenvalue weighted by Crippen LogP contribution is 2.41. The first kappa shape index (κ1) is 36.5. The Morgan fingerprint density at radius 3 is 1.90 bits per heavy atom. The number of benzene rings is 1. The zero-order valence-corrected chi connectivity index (χ0v) is 27.1. The van der Waals surface area contributed by atoms with Crippen molar-refractivity contribution in [1.82, 2.24) is 0 Å². The Kier molecular flexibility index (Phi) is 12.0. The lowest BCUT2D eigenvalue weighted by molar-refractivity contribution is -0.374. The maximum atomic E-state index is 12.6. The van der Waals surface area contributed by atoms with Crippen molar-refractivity contribution in [3.63, 3.8) is 0 Å². The van der Waals surface area contributed by atoms with Crippen molar-refractivity contribution < 1.29 is 80.9 Å². The number of ether oxygens (including phenoxy) is 11. The van der Waals surface area contributed by atoms with Crippen molar-refractivity contribution in [2.45, 2.75) is 102 Å². The van der Waals surface area contributed by atoms with Gasteiger partial charge < -0.3 is 52.1 Å². The summed E-state index contributed by atoms with van der Waals surface area (Å²) in [6, 6.07) is 8.37. The van der Waals surface area contributed by atoms with Gasteiger partial charge in [0.25, 0.3) is 0 Å². The number of para-hydroxylation sites is 1. The molecule has 4 aliphatic rings. The van der Waals surface area contributed by atoms with E-state index in [-0.39, 0.29) is 0 Å². The number of hydrogen-bond donors (Lipinski definition) is 0. The summed E-state index contributed by atoms with van der Waals surface area (Å²) in [6.45, 7) is 5.03. The Balaban J connectivity index is 1.87. The van der Waals surface area contributed by atoms with E-state index in [0.29, 0.717) is 5.75 Å². The topological polar surface area (TPSA) is 204 Å². The molecule has 1 aromatic rings. The van der Waals surface area contributed by atoms with E-state index in [1.54, 1.807) is 30.3 Å². The first-order chi connectivity index (χ1) is 22.7. The molecular weight excluding hydrogens is 644 g/mol. The fourth-order valence-corrected chi connectivity index (χ4v) is 5.72. The lowest BCUT2D eigenvalue weighted by atomic mass is 9.83. The minimum absolute atomic E-state index is 0.310. The molecule has 0 amide bonds. The number of carbonyl (C=O) groups excluding carboxylic acids is 6. The van der Waals surface area contributed by atoms with E-state index in [9.17, 15) is 28.8 Å². The lowest BCUT2D eigenvalue weighted by Crippen LogP contribution is -2.73. The maximum absolute atomic E-state index is 12.6. The van der Waals surface area contributed by atoms with E-state index in [1.165, 1.54) is 0 Å². The molecule has 0 aromatic heterocycles. The van der Waals surface area contributed by atoms with E-state index in [0.717, 1.165) is 41.5 Å². The average molecular weight is 683 g/mol. The van der Waals surface area contributed by atoms with Crippen LogP contribution in [-0.4, -0.2) is 117 Å². The maximum Gasteiger partial charge on any atom is 0.303 e. The van der Waals surface area contributed by atoms with Gasteiger partial charge in [-0.05, 0) is 12.1 Å². The van der Waals surface area contributed by atoms with Crippen LogP contribution in [0, 0.1) is 0 Å². The van der Waals surface area contributed by atoms with Crippen molar-refractivity contribution >= 4 is 35.8 Å². The number of carbonyl (C=O) groups is 6. The van der Waals surface area contributed by atoms with Crippen LogP contribution in [0.3, 0.4) is 0 Å². The van der Waals surface area contributed by atoms with Gasteiger partial charge in [-0.2, -0.15) is 0 Å². The molecule has 10 atom stereocenters. The predicted molar refractivity (Wildman–Crippen MR) is 153 cm³/mol. The Bertz CT molecular complexity index is 1350. The molecule has 17 heteroatoms. The van der Waals surface area contributed by atoms with Crippen molar-refractivity contribution in [3.05, 3.63) is 30.3 Å². The van der Waals surface area contributed by atoms with Crippen LogP contribution < -0.4 is 4.74 Å². The van der Waals surface area contributed by atoms with Gasteiger partial charge >= 0.3 is 35.8 Å². The van der Waals surface area contributed by atoms with E-state index < -0.39 is 117 Å². The molecule has 0 saturated carbocycles. The summed E-state index contributed by atoms with van der Waals surface area (Å²) >= 11 is 0. The van der Waals surface area contributed by atoms with Crippen molar-refractivity contribution in [2.75, 3.05) is 19.8 Å². The van der Waals surface area contributed by atoms with Crippen LogP contribution in [0.4, 0.5) is 0 Å². The summed E-state index contributed by atoms with van der Waals surface area (Å²) in [5, 5.41) is 0. The smallest absolute Gasteiger partial charge is 0.303 e. The molecule has 5 rings (SSSR count). The summed E-state index contributed by atoms with van der Waals surface area (Å²) < 4.78 is 64.2. The standard InChI is InChI=1S/C31H38O17/c1-15(32)38-13-23-31(48-20(6)37)14-40-29(27(43-18(4)35)28(31)44-19(5)36)47-24-22(12-39-23)46-30(45-21-10-8-7-9-11-21)26(42-17(3)34)25(24)41-16(2)33/h7-11,22-30H,12-14H2,1-6H3/t22-,23-,24+,25+,26-,27-,28-,29+,30+,31+/m1/s1. The monoisotopic (exact) mass is 682 g/mol. The van der Waals surface area contributed by atoms with Gasteiger partial charge in [0.1, 0.15) is 30.7 Å². The van der Waals surface area contributed by atoms with Gasteiger partial charge in [0.05, 0.1) is 13.2 Å². The highest BCUT2D eigenvalue weighted by atomic mass is 16.8. The van der Waals surface area contributed by atoms with E-state index in [1.807, 2.05) is 0 Å². The minimum Gasteiger partial charge on any atom is -0.463 e. The molecule has 0 aliphatic carbocycles. The third-order valence-electron chi connectivity index (χ3n) is 7.38. The summed E-state index contributed by atoms with van der Waals surface area (Å²) in [7, 11) is 0. The van der Waals surface area contributed by atoms with E-state index in [4.69, 9.17) is 52.1 Å². The molecule has 0 N–H and O–H groups in total. The molecule has 4 saturated heterocycles. The molecule has 1 aromatic carbocycles. The van der Waals surface area contributed by atoms with Gasteiger partial charge in [-0.3, -0.25) is 28.8 Å². The normalized spacial score (nSPS) is 32.8. The zero-order valence-electron chi connectivity index (χ0n) is 27.1. The van der Waals surface area contributed by atoms with Crippen LogP contribution in [0.25, 0.3) is 0 Å². The van der Waals surface area contributed by atoms with Crippen molar-refractivity contribution in [1.29, 1.82) is 0 Å². The number of fused-ring (bicyclic) bond motifs is 4. The highest BCUT2D eigenvalue weighted by molar-refractivity contribution is 5.69. The summed E-state index contributed by atoms with van der Waals surface area (Å²) in [5.41, 5.74) is -2.07. The van der Waals surface area contributed by atoms with Crippen LogP contribution in [0.2, 0.25) is 0 Å². The summed E-state index contributed by atoms with van der Waals surface area (Å²) in [5.74, 6) is -4.59. The fraction of sp³-hybridized carbons (Fsp3) is 0.613. The van der Waals surface area contributed by atoms with Gasteiger partial charge in [0.15, 0.2) is 24.6 Å². The summed E-state index contributed by atoms with van der Waals surface area (Å²) in [4.78, 5) is 74.2. The highest BCUT2D eigenvalue weighted by Gasteiger charge is 2.64. The molecule has 264 valence electrons. The van der Waals surface area contributed by atoms with Crippen LogP contribution >= 0.6 is 0 Å².